The molecule has 0 heterocycles. The monoisotopic (exact) mass is 246 g/mol. The highest BCUT2D eigenvalue weighted by atomic mass is 35.5. The smallest absolute Gasteiger partial charge is 0.284 e. The first-order valence-corrected chi connectivity index (χ1v) is 5.22. The molecule has 2 N–H and O–H groups in total. The van der Waals surface area contributed by atoms with E-state index in [2.05, 4.69) is 0 Å². The Balaban J connectivity index is 2.95. The number of primary amides is 1. The molecule has 0 saturated carbocycles. The Morgan fingerprint density at radius 1 is 1.60 bits per heavy atom. The second-order valence-corrected chi connectivity index (χ2v) is 4.08. The summed E-state index contributed by atoms with van der Waals surface area (Å²) in [4.78, 5) is 21.0. The van der Waals surface area contributed by atoms with Crippen molar-refractivity contribution in [2.75, 3.05) is 5.75 Å². The fraction of sp³-hybridized carbons (Fsp3) is 0.125. The number of nitro groups is 1. The van der Waals surface area contributed by atoms with Crippen LogP contribution in [-0.2, 0) is 4.79 Å². The van der Waals surface area contributed by atoms with Crippen LogP contribution in [-0.4, -0.2) is 16.6 Å². The Labute approximate surface area is 94.7 Å². The maximum atomic E-state index is 10.6. The minimum Gasteiger partial charge on any atom is -0.369 e. The Morgan fingerprint density at radius 2 is 2.27 bits per heavy atom. The van der Waals surface area contributed by atoms with E-state index in [1.165, 1.54) is 18.2 Å². The summed E-state index contributed by atoms with van der Waals surface area (Å²) in [6.45, 7) is 0. The van der Waals surface area contributed by atoms with Gasteiger partial charge in [0.1, 0.15) is 0 Å². The number of nitrogens with two attached hydrogens (primary N) is 1. The van der Waals surface area contributed by atoms with Gasteiger partial charge in [-0.15, -0.1) is 11.8 Å². The fourth-order valence-electron chi connectivity index (χ4n) is 0.904. The first kappa shape index (κ1) is 11.8. The third kappa shape index (κ3) is 3.41. The number of hydrogen-bond acceptors (Lipinski definition) is 4. The molecule has 0 radical (unpaired) electrons. The zero-order valence-electron chi connectivity index (χ0n) is 7.47. The highest BCUT2D eigenvalue weighted by Crippen LogP contribution is 2.31. The summed E-state index contributed by atoms with van der Waals surface area (Å²) < 4.78 is 0. The minimum absolute atomic E-state index is 0.00245. The van der Waals surface area contributed by atoms with Crippen molar-refractivity contribution in [1.29, 1.82) is 0 Å². The number of nitrogens with zero attached hydrogens (tertiary/aromatic N) is 1. The Morgan fingerprint density at radius 3 is 2.80 bits per heavy atom. The Hall–Kier alpha value is -1.27. The van der Waals surface area contributed by atoms with Crippen molar-refractivity contribution in [2.24, 2.45) is 5.73 Å². The van der Waals surface area contributed by atoms with E-state index in [9.17, 15) is 14.9 Å². The first-order valence-electron chi connectivity index (χ1n) is 3.85. The van der Waals surface area contributed by atoms with Crippen LogP contribution in [0.5, 0.6) is 0 Å². The molecule has 0 aromatic heterocycles. The van der Waals surface area contributed by atoms with Crippen molar-refractivity contribution in [1.82, 2.24) is 0 Å². The zero-order chi connectivity index (χ0) is 11.4. The van der Waals surface area contributed by atoms with Crippen LogP contribution in [0.3, 0.4) is 0 Å². The predicted molar refractivity (Wildman–Crippen MR) is 58.0 cm³/mol. The molecule has 5 nitrogen and oxygen atoms in total. The molecule has 0 spiro atoms. The van der Waals surface area contributed by atoms with E-state index in [-0.39, 0.29) is 16.5 Å². The van der Waals surface area contributed by atoms with Gasteiger partial charge >= 0.3 is 0 Å². The van der Waals surface area contributed by atoms with Gasteiger partial charge in [0.25, 0.3) is 5.69 Å². The normalized spacial score (nSPS) is 9.93. The van der Waals surface area contributed by atoms with Crippen LogP contribution in [0.4, 0.5) is 5.69 Å². The Bertz CT molecular complexity index is 411. The van der Waals surface area contributed by atoms with E-state index >= 15 is 0 Å². The maximum Gasteiger partial charge on any atom is 0.284 e. The molecule has 1 aromatic rings. The molecule has 0 unspecified atom stereocenters. The number of carbonyl (C=O) groups excluding carboxylic acids is 1. The number of hydrogen-bond donors (Lipinski definition) is 1. The first-order chi connectivity index (χ1) is 7.00. The van der Waals surface area contributed by atoms with E-state index in [4.69, 9.17) is 17.3 Å². The number of halogens is 1. The predicted octanol–water partition coefficient (Wildman–Crippen LogP) is 1.83. The molecule has 80 valence electrons. The molecule has 0 fully saturated rings. The van der Waals surface area contributed by atoms with Crippen LogP contribution in [0.25, 0.3) is 0 Å². The quantitative estimate of drug-likeness (QED) is 0.499. The van der Waals surface area contributed by atoms with Crippen molar-refractivity contribution >= 4 is 35.0 Å². The lowest BCUT2D eigenvalue weighted by molar-refractivity contribution is -0.387. The highest BCUT2D eigenvalue weighted by molar-refractivity contribution is 8.00. The highest BCUT2D eigenvalue weighted by Gasteiger charge is 2.15. The molecule has 0 aliphatic heterocycles. The second kappa shape index (κ2) is 4.99. The number of thioether (sulfide) groups is 1. The molecule has 1 amide bonds. The van der Waals surface area contributed by atoms with E-state index in [1.807, 2.05) is 0 Å². The third-order valence-electron chi connectivity index (χ3n) is 1.49. The van der Waals surface area contributed by atoms with Gasteiger partial charge < -0.3 is 5.73 Å². The van der Waals surface area contributed by atoms with Gasteiger partial charge in [0, 0.05) is 11.1 Å². The van der Waals surface area contributed by atoms with Crippen LogP contribution in [0.1, 0.15) is 0 Å². The van der Waals surface area contributed by atoms with Crippen LogP contribution in [0.15, 0.2) is 23.1 Å². The topological polar surface area (TPSA) is 86.2 Å². The van der Waals surface area contributed by atoms with E-state index in [0.717, 1.165) is 11.8 Å². The van der Waals surface area contributed by atoms with Gasteiger partial charge in [-0.2, -0.15) is 0 Å². The van der Waals surface area contributed by atoms with Crippen LogP contribution < -0.4 is 5.73 Å². The van der Waals surface area contributed by atoms with Crippen LogP contribution in [0.2, 0.25) is 5.02 Å². The van der Waals surface area contributed by atoms with Gasteiger partial charge in [-0.1, -0.05) is 11.6 Å². The number of carbonyl (C=O) groups is 1. The lowest BCUT2D eigenvalue weighted by Crippen LogP contribution is -2.13. The number of benzene rings is 1. The number of nitro benzene ring substituents is 1. The van der Waals surface area contributed by atoms with Crippen molar-refractivity contribution in [2.45, 2.75) is 4.90 Å². The van der Waals surface area contributed by atoms with Crippen molar-refractivity contribution in [3.8, 4) is 0 Å². The van der Waals surface area contributed by atoms with Gasteiger partial charge in [-0.05, 0) is 12.1 Å². The molecule has 7 heteroatoms. The lowest BCUT2D eigenvalue weighted by atomic mass is 10.3. The molecular weight excluding hydrogens is 240 g/mol. The summed E-state index contributed by atoms with van der Waals surface area (Å²) in [6, 6.07) is 4.26. The molecule has 1 rings (SSSR count). The van der Waals surface area contributed by atoms with Crippen molar-refractivity contribution in [3.05, 3.63) is 33.3 Å². The molecule has 15 heavy (non-hydrogen) atoms. The van der Waals surface area contributed by atoms with E-state index in [1.54, 1.807) is 0 Å². The van der Waals surface area contributed by atoms with Crippen LogP contribution in [0, 0.1) is 10.1 Å². The standard InChI is InChI=1S/C8H7ClN2O3S/c9-5-1-2-7(15-4-8(10)12)6(3-5)11(13)14/h1-3H,4H2,(H2,10,12). The SMILES string of the molecule is NC(=O)CSc1ccc(Cl)cc1[N+](=O)[O-]. The van der Waals surface area contributed by atoms with Crippen LogP contribution >= 0.6 is 23.4 Å². The Kier molecular flexibility index (Phi) is 3.93. The second-order valence-electron chi connectivity index (χ2n) is 2.62. The molecule has 0 bridgehead atoms. The van der Waals surface area contributed by atoms with Crippen molar-refractivity contribution in [3.63, 3.8) is 0 Å². The largest absolute Gasteiger partial charge is 0.369 e. The lowest BCUT2D eigenvalue weighted by Gasteiger charge is -2.01. The zero-order valence-corrected chi connectivity index (χ0v) is 9.05. The molecule has 1 aromatic carbocycles. The van der Waals surface area contributed by atoms with Gasteiger partial charge in [-0.25, -0.2) is 0 Å². The third-order valence-corrected chi connectivity index (χ3v) is 2.81. The van der Waals surface area contributed by atoms with E-state index < -0.39 is 10.8 Å². The fourth-order valence-corrected chi connectivity index (χ4v) is 1.81. The van der Waals surface area contributed by atoms with Gasteiger partial charge in [0.15, 0.2) is 0 Å². The maximum absolute atomic E-state index is 10.6. The minimum atomic E-state index is -0.546. The van der Waals surface area contributed by atoms with Crippen molar-refractivity contribution < 1.29 is 9.72 Å². The summed E-state index contributed by atoms with van der Waals surface area (Å²) in [5.74, 6) is -0.521. The summed E-state index contributed by atoms with van der Waals surface area (Å²) in [7, 11) is 0. The van der Waals surface area contributed by atoms with Gasteiger partial charge in [0.05, 0.1) is 15.6 Å². The summed E-state index contributed by atoms with van der Waals surface area (Å²) in [6.07, 6.45) is 0. The average molecular weight is 247 g/mol. The molecule has 0 aliphatic carbocycles. The van der Waals surface area contributed by atoms with Gasteiger partial charge in [-0.3, -0.25) is 14.9 Å². The van der Waals surface area contributed by atoms with Gasteiger partial charge in [0.2, 0.25) is 5.91 Å². The molecular formula is C8H7ClN2O3S. The summed E-state index contributed by atoms with van der Waals surface area (Å²) >= 11 is 6.64. The number of amides is 1. The molecule has 0 saturated heterocycles. The average Bonchev–Trinajstić information content (AvgIpc) is 2.15. The summed E-state index contributed by atoms with van der Waals surface area (Å²) in [5.41, 5.74) is 4.82. The number of rotatable bonds is 4. The molecule has 0 atom stereocenters. The van der Waals surface area contributed by atoms with E-state index in [0.29, 0.717) is 4.90 Å². The molecule has 0 aliphatic rings. The summed E-state index contributed by atoms with van der Waals surface area (Å²) in [5, 5.41) is 10.9.